The molecule has 0 saturated carbocycles. The Bertz CT molecular complexity index is 1030. The second-order valence-electron chi connectivity index (χ2n) is 5.44. The Labute approximate surface area is 164 Å². The maximum Gasteiger partial charge on any atom is 0.187 e. The molecule has 0 fully saturated rings. The van der Waals surface area contributed by atoms with Gasteiger partial charge in [-0.05, 0) is 42.5 Å². The van der Waals surface area contributed by atoms with Crippen LogP contribution in [0, 0.1) is 0 Å². The molecule has 0 aliphatic heterocycles. The zero-order valence-electron chi connectivity index (χ0n) is 13.8. The smallest absolute Gasteiger partial charge is 0.187 e. The van der Waals surface area contributed by atoms with Gasteiger partial charge in [-0.25, -0.2) is 9.97 Å². The highest BCUT2D eigenvalue weighted by Gasteiger charge is 2.11. The van der Waals surface area contributed by atoms with Crippen LogP contribution >= 0.6 is 34.3 Å². The predicted molar refractivity (Wildman–Crippen MR) is 110 cm³/mol. The Morgan fingerprint density at radius 3 is 2.54 bits per heavy atom. The second kappa shape index (κ2) is 7.45. The summed E-state index contributed by atoms with van der Waals surface area (Å²) in [5.74, 6) is 0.834. The van der Waals surface area contributed by atoms with Crippen molar-refractivity contribution < 1.29 is 4.74 Å². The van der Waals surface area contributed by atoms with E-state index in [9.17, 15) is 0 Å². The number of nitrogens with zero attached hydrogens (tertiary/aromatic N) is 2. The van der Waals surface area contributed by atoms with Gasteiger partial charge < -0.3 is 10.1 Å². The zero-order valence-corrected chi connectivity index (χ0v) is 16.2. The van der Waals surface area contributed by atoms with Crippen LogP contribution in [0.3, 0.4) is 0 Å². The van der Waals surface area contributed by atoms with Crippen LogP contribution < -0.4 is 10.1 Å². The highest BCUT2D eigenvalue weighted by molar-refractivity contribution is 7.15. The van der Waals surface area contributed by atoms with E-state index < -0.39 is 0 Å². The molecule has 2 aromatic heterocycles. The number of rotatable bonds is 5. The van der Waals surface area contributed by atoms with Crippen molar-refractivity contribution in [3.8, 4) is 27.7 Å². The van der Waals surface area contributed by atoms with E-state index in [4.69, 9.17) is 21.3 Å². The number of hydrogen-bond acceptors (Lipinski definition) is 6. The lowest BCUT2D eigenvalue weighted by Crippen LogP contribution is -1.89. The number of ether oxygens (including phenoxy) is 1. The van der Waals surface area contributed by atoms with Gasteiger partial charge in [0.2, 0.25) is 0 Å². The van der Waals surface area contributed by atoms with Crippen LogP contribution in [-0.2, 0) is 0 Å². The van der Waals surface area contributed by atoms with Crippen LogP contribution in [0.5, 0.6) is 5.75 Å². The summed E-state index contributed by atoms with van der Waals surface area (Å²) >= 11 is 9.14. The van der Waals surface area contributed by atoms with Crippen molar-refractivity contribution in [2.75, 3.05) is 12.4 Å². The number of nitrogens with one attached hydrogen (secondary N) is 1. The molecule has 130 valence electrons. The molecule has 4 rings (SSSR count). The standard InChI is InChI=1S/C19H14ClN3OS2/c1-24-15-7-5-12(6-8-15)16-10-25-18(22-16)17-11-26-19(23-17)21-14-4-2-3-13(20)9-14/h2-11H,1H3,(H,21,23). The summed E-state index contributed by atoms with van der Waals surface area (Å²) in [6, 6.07) is 15.5. The van der Waals surface area contributed by atoms with Crippen molar-refractivity contribution in [3.63, 3.8) is 0 Å². The van der Waals surface area contributed by atoms with E-state index in [0.717, 1.165) is 38.5 Å². The molecule has 1 N–H and O–H groups in total. The first-order valence-electron chi connectivity index (χ1n) is 7.80. The van der Waals surface area contributed by atoms with Crippen LogP contribution in [0.1, 0.15) is 0 Å². The summed E-state index contributed by atoms with van der Waals surface area (Å²) in [5, 5.41) is 9.71. The minimum Gasteiger partial charge on any atom is -0.497 e. The van der Waals surface area contributed by atoms with E-state index in [1.807, 2.05) is 59.3 Å². The molecule has 4 aromatic rings. The number of thiazole rings is 2. The molecule has 0 saturated heterocycles. The average molecular weight is 400 g/mol. The molecular formula is C19H14ClN3OS2. The van der Waals surface area contributed by atoms with E-state index in [1.54, 1.807) is 18.4 Å². The second-order valence-corrected chi connectivity index (χ2v) is 7.59. The molecule has 0 aliphatic carbocycles. The highest BCUT2D eigenvalue weighted by Crippen LogP contribution is 2.32. The lowest BCUT2D eigenvalue weighted by Gasteiger charge is -2.02. The lowest BCUT2D eigenvalue weighted by molar-refractivity contribution is 0.415. The third-order valence-electron chi connectivity index (χ3n) is 3.69. The number of methoxy groups -OCH3 is 1. The number of benzene rings is 2. The van der Waals surface area contributed by atoms with Crippen LogP contribution in [0.2, 0.25) is 5.02 Å². The summed E-state index contributed by atoms with van der Waals surface area (Å²) in [6.45, 7) is 0. The molecule has 2 heterocycles. The van der Waals surface area contributed by atoms with E-state index in [2.05, 4.69) is 10.3 Å². The molecule has 0 spiro atoms. The lowest BCUT2D eigenvalue weighted by atomic mass is 10.2. The summed E-state index contributed by atoms with van der Waals surface area (Å²) in [7, 11) is 1.66. The van der Waals surface area contributed by atoms with Gasteiger partial charge in [0.05, 0.1) is 12.8 Å². The molecule has 26 heavy (non-hydrogen) atoms. The Morgan fingerprint density at radius 2 is 1.77 bits per heavy atom. The van der Waals surface area contributed by atoms with Crippen molar-refractivity contribution in [1.29, 1.82) is 0 Å². The number of hydrogen-bond donors (Lipinski definition) is 1. The van der Waals surface area contributed by atoms with E-state index >= 15 is 0 Å². The fourth-order valence-corrected chi connectivity index (χ4v) is 4.17. The number of anilines is 2. The predicted octanol–water partition coefficient (Wildman–Crippen LogP) is 6.34. The summed E-state index contributed by atoms with van der Waals surface area (Å²) < 4.78 is 5.20. The molecule has 2 aromatic carbocycles. The van der Waals surface area contributed by atoms with Gasteiger partial charge in [-0.1, -0.05) is 17.7 Å². The molecule has 0 unspecified atom stereocenters. The minimum atomic E-state index is 0.691. The molecule has 0 atom stereocenters. The Balaban J connectivity index is 1.53. The highest BCUT2D eigenvalue weighted by atomic mass is 35.5. The third-order valence-corrected chi connectivity index (χ3v) is 5.55. The zero-order chi connectivity index (χ0) is 17.9. The van der Waals surface area contributed by atoms with Gasteiger partial charge in [-0.3, -0.25) is 0 Å². The molecule has 0 aliphatic rings. The average Bonchev–Trinajstić information content (AvgIpc) is 3.31. The van der Waals surface area contributed by atoms with Crippen molar-refractivity contribution in [1.82, 2.24) is 9.97 Å². The number of halogens is 1. The Hall–Kier alpha value is -2.41. The van der Waals surface area contributed by atoms with Crippen molar-refractivity contribution in [2.45, 2.75) is 0 Å². The summed E-state index contributed by atoms with van der Waals surface area (Å²) in [5.41, 5.74) is 3.77. The van der Waals surface area contributed by atoms with Crippen LogP contribution in [0.25, 0.3) is 22.0 Å². The van der Waals surface area contributed by atoms with Gasteiger partial charge in [0.25, 0.3) is 0 Å². The minimum absolute atomic E-state index is 0.691. The molecule has 0 bridgehead atoms. The Morgan fingerprint density at radius 1 is 0.962 bits per heavy atom. The van der Waals surface area contributed by atoms with Crippen LogP contribution in [-0.4, -0.2) is 17.1 Å². The quantitative estimate of drug-likeness (QED) is 0.425. The van der Waals surface area contributed by atoms with Crippen molar-refractivity contribution >= 4 is 45.1 Å². The normalized spacial score (nSPS) is 10.7. The summed E-state index contributed by atoms with van der Waals surface area (Å²) in [6.07, 6.45) is 0. The van der Waals surface area contributed by atoms with Gasteiger partial charge in [0.1, 0.15) is 16.5 Å². The van der Waals surface area contributed by atoms with Crippen molar-refractivity contribution in [3.05, 3.63) is 64.3 Å². The fraction of sp³-hybridized carbons (Fsp3) is 0.0526. The van der Waals surface area contributed by atoms with E-state index in [-0.39, 0.29) is 0 Å². The molecule has 0 amide bonds. The number of aromatic nitrogens is 2. The molecule has 4 nitrogen and oxygen atoms in total. The topological polar surface area (TPSA) is 47.0 Å². The van der Waals surface area contributed by atoms with Gasteiger partial charge >= 0.3 is 0 Å². The van der Waals surface area contributed by atoms with Gasteiger partial charge in [-0.2, -0.15) is 0 Å². The summed E-state index contributed by atoms with van der Waals surface area (Å²) in [4.78, 5) is 9.35. The van der Waals surface area contributed by atoms with Gasteiger partial charge in [0.15, 0.2) is 5.13 Å². The van der Waals surface area contributed by atoms with Crippen LogP contribution in [0.4, 0.5) is 10.8 Å². The first-order valence-corrected chi connectivity index (χ1v) is 9.93. The maximum absolute atomic E-state index is 6.02. The van der Waals surface area contributed by atoms with Gasteiger partial charge in [-0.15, -0.1) is 22.7 Å². The molecular weight excluding hydrogens is 386 g/mol. The molecule has 0 radical (unpaired) electrons. The van der Waals surface area contributed by atoms with Crippen molar-refractivity contribution in [2.24, 2.45) is 0 Å². The SMILES string of the molecule is COc1ccc(-c2csc(-c3csc(Nc4cccc(Cl)c4)n3)n2)cc1. The Kier molecular flexibility index (Phi) is 4.88. The third kappa shape index (κ3) is 3.72. The first kappa shape index (κ1) is 17.0. The fourth-order valence-electron chi connectivity index (χ4n) is 2.40. The maximum atomic E-state index is 6.02. The van der Waals surface area contributed by atoms with Gasteiger partial charge in [0, 0.05) is 27.0 Å². The van der Waals surface area contributed by atoms with E-state index in [0.29, 0.717) is 5.02 Å². The van der Waals surface area contributed by atoms with Crippen LogP contribution in [0.15, 0.2) is 59.3 Å². The van der Waals surface area contributed by atoms with E-state index in [1.165, 1.54) is 11.3 Å². The largest absolute Gasteiger partial charge is 0.497 e. The molecule has 7 heteroatoms. The monoisotopic (exact) mass is 399 g/mol. The first-order chi connectivity index (χ1) is 12.7.